The number of amides is 2. The zero-order valence-electron chi connectivity index (χ0n) is 11.4. The van der Waals surface area contributed by atoms with Crippen LogP contribution in [-0.4, -0.2) is 34.9 Å². The third kappa shape index (κ3) is 4.81. The zero-order chi connectivity index (χ0) is 14.8. The van der Waals surface area contributed by atoms with Crippen LogP contribution in [0.4, 0.5) is 4.79 Å². The maximum atomic E-state index is 12.0. The third-order valence-electron chi connectivity index (χ3n) is 2.48. The largest absolute Gasteiger partial charge is 0.444 e. The smallest absolute Gasteiger partial charge is 0.408 e. The summed E-state index contributed by atoms with van der Waals surface area (Å²) in [5.74, 6) is -0.537. The van der Waals surface area contributed by atoms with E-state index in [0.29, 0.717) is 12.8 Å². The van der Waals surface area contributed by atoms with Gasteiger partial charge in [0.05, 0.1) is 0 Å². The summed E-state index contributed by atoms with van der Waals surface area (Å²) in [7, 11) is -3.63. The molecule has 1 aliphatic rings. The average molecular weight is 292 g/mol. The number of alkyl carbamates (subject to hydrolysis) is 1. The maximum absolute atomic E-state index is 12.0. The molecule has 0 aliphatic carbocycles. The molecule has 0 aromatic rings. The van der Waals surface area contributed by atoms with Gasteiger partial charge < -0.3 is 10.1 Å². The summed E-state index contributed by atoms with van der Waals surface area (Å²) in [5.41, 5.74) is 9.93. The lowest BCUT2D eigenvalue weighted by atomic mass is 10.1. The summed E-state index contributed by atoms with van der Waals surface area (Å²) in [6.45, 7) is 5.39. The Hall–Kier alpha value is -1.11. The number of nitrogens with one attached hydrogen (secondary N) is 1. The third-order valence-corrected chi connectivity index (χ3v) is 3.64. The van der Waals surface area contributed by atoms with Gasteiger partial charge in [-0.3, -0.25) is 25.0 Å². The van der Waals surface area contributed by atoms with Crippen molar-refractivity contribution in [2.45, 2.75) is 45.3 Å². The lowest BCUT2D eigenvalue weighted by Crippen LogP contribution is -2.53. The molecule has 0 bridgehead atoms. The topological polar surface area (TPSA) is 128 Å². The van der Waals surface area contributed by atoms with Crippen LogP contribution in [0.3, 0.4) is 0 Å². The van der Waals surface area contributed by atoms with Crippen molar-refractivity contribution in [2.24, 2.45) is 11.0 Å². The first-order valence-electron chi connectivity index (χ1n) is 5.99. The maximum Gasteiger partial charge on any atom is 0.408 e. The van der Waals surface area contributed by atoms with Crippen molar-refractivity contribution in [3.05, 3.63) is 0 Å². The number of carbonyl (C=O) groups excluding carboxylic acids is 2. The van der Waals surface area contributed by atoms with Crippen LogP contribution in [0.25, 0.3) is 0 Å². The van der Waals surface area contributed by atoms with Crippen LogP contribution < -0.4 is 16.3 Å². The molecule has 0 aromatic heterocycles. The SMILES string of the molecule is CC(C)(C)OC(=O)N[C@@H]1CCCN(P(N)(N)=O)C1=O. The Balaban J connectivity index is 2.67. The molecule has 8 nitrogen and oxygen atoms in total. The fraction of sp³-hybridized carbons (Fsp3) is 0.800. The molecule has 0 aromatic carbocycles. The van der Waals surface area contributed by atoms with E-state index < -0.39 is 31.2 Å². The number of nitrogens with two attached hydrogens (primary N) is 2. The predicted molar refractivity (Wildman–Crippen MR) is 70.1 cm³/mol. The molecule has 19 heavy (non-hydrogen) atoms. The van der Waals surface area contributed by atoms with Gasteiger partial charge in [0.25, 0.3) is 5.91 Å². The number of rotatable bonds is 2. The van der Waals surface area contributed by atoms with E-state index in [-0.39, 0.29) is 6.54 Å². The summed E-state index contributed by atoms with van der Waals surface area (Å²) < 4.78 is 17.5. The zero-order valence-corrected chi connectivity index (χ0v) is 12.3. The van der Waals surface area contributed by atoms with Gasteiger partial charge in [0, 0.05) is 6.54 Å². The minimum atomic E-state index is -3.63. The molecule has 9 heteroatoms. The number of ether oxygens (including phenoxy) is 1. The van der Waals surface area contributed by atoms with Crippen LogP contribution in [-0.2, 0) is 14.1 Å². The van der Waals surface area contributed by atoms with Crippen molar-refractivity contribution < 1.29 is 18.9 Å². The summed E-state index contributed by atoms with van der Waals surface area (Å²) >= 11 is 0. The number of hydrogen-bond donors (Lipinski definition) is 3. The standard InChI is InChI=1S/C10H21N4O4P/c1-10(2,3)18-9(16)13-7-5-4-6-14(8(7)15)19(11,12)17/h7H,4-6H2,1-3H3,(H,13,16)(H4,11,12,17)/t7-/m1/s1. The van der Waals surface area contributed by atoms with Gasteiger partial charge >= 0.3 is 13.7 Å². The van der Waals surface area contributed by atoms with Crippen molar-refractivity contribution in [2.75, 3.05) is 6.54 Å². The molecule has 1 fully saturated rings. The summed E-state index contributed by atoms with van der Waals surface area (Å²) in [4.78, 5) is 23.6. The molecular weight excluding hydrogens is 271 g/mol. The molecule has 0 saturated carbocycles. The molecule has 1 atom stereocenters. The molecule has 0 spiro atoms. The summed E-state index contributed by atoms with van der Waals surface area (Å²) in [6, 6.07) is -0.802. The van der Waals surface area contributed by atoms with Gasteiger partial charge in [-0.05, 0) is 33.6 Å². The number of piperidine rings is 1. The highest BCUT2D eigenvalue weighted by molar-refractivity contribution is 7.57. The van der Waals surface area contributed by atoms with Gasteiger partial charge in [-0.1, -0.05) is 0 Å². The Kier molecular flexibility index (Phi) is 4.60. The Labute approximate surface area is 112 Å². The van der Waals surface area contributed by atoms with E-state index in [0.717, 1.165) is 4.67 Å². The molecule has 2 amide bonds. The molecule has 110 valence electrons. The number of carbonyl (C=O) groups is 2. The van der Waals surface area contributed by atoms with Crippen LogP contribution in [0, 0.1) is 0 Å². The van der Waals surface area contributed by atoms with Crippen molar-refractivity contribution in [3.8, 4) is 0 Å². The summed E-state index contributed by atoms with van der Waals surface area (Å²) in [6.07, 6.45) is 0.302. The Morgan fingerprint density at radius 1 is 1.47 bits per heavy atom. The van der Waals surface area contributed by atoms with E-state index in [4.69, 9.17) is 15.7 Å². The Bertz CT molecular complexity index is 414. The van der Waals surface area contributed by atoms with Gasteiger partial charge in [0.2, 0.25) is 0 Å². The second kappa shape index (κ2) is 5.48. The lowest BCUT2D eigenvalue weighted by molar-refractivity contribution is -0.130. The predicted octanol–water partition coefficient (Wildman–Crippen LogP) is 0.528. The quantitative estimate of drug-likeness (QED) is 0.637. The molecular formula is C10H21N4O4P. The highest BCUT2D eigenvalue weighted by atomic mass is 31.2. The molecule has 1 aliphatic heterocycles. The molecule has 1 heterocycles. The van der Waals surface area contributed by atoms with Crippen LogP contribution >= 0.6 is 7.59 Å². The van der Waals surface area contributed by atoms with Gasteiger partial charge in [0.15, 0.2) is 0 Å². The van der Waals surface area contributed by atoms with Gasteiger partial charge in [-0.15, -0.1) is 0 Å². The van der Waals surface area contributed by atoms with E-state index in [9.17, 15) is 14.2 Å². The highest BCUT2D eigenvalue weighted by Crippen LogP contribution is 2.35. The Morgan fingerprint density at radius 2 is 2.05 bits per heavy atom. The van der Waals surface area contributed by atoms with E-state index >= 15 is 0 Å². The normalized spacial score (nSPS) is 21.2. The van der Waals surface area contributed by atoms with E-state index in [1.807, 2.05) is 0 Å². The first-order chi connectivity index (χ1) is 8.50. The van der Waals surface area contributed by atoms with E-state index in [2.05, 4.69) is 5.32 Å². The van der Waals surface area contributed by atoms with Crippen LogP contribution in [0.15, 0.2) is 0 Å². The van der Waals surface area contributed by atoms with E-state index in [1.54, 1.807) is 20.8 Å². The number of nitrogens with zero attached hydrogens (tertiary/aromatic N) is 1. The van der Waals surface area contributed by atoms with Crippen molar-refractivity contribution >= 4 is 19.6 Å². The van der Waals surface area contributed by atoms with Crippen LogP contribution in [0.1, 0.15) is 33.6 Å². The fourth-order valence-electron chi connectivity index (χ4n) is 1.75. The van der Waals surface area contributed by atoms with Gasteiger partial charge in [0.1, 0.15) is 11.6 Å². The molecule has 1 saturated heterocycles. The van der Waals surface area contributed by atoms with Crippen molar-refractivity contribution in [3.63, 3.8) is 0 Å². The van der Waals surface area contributed by atoms with Crippen LogP contribution in [0.5, 0.6) is 0 Å². The minimum absolute atomic E-state index is 0.232. The average Bonchev–Trinajstić information content (AvgIpc) is 2.16. The van der Waals surface area contributed by atoms with E-state index in [1.165, 1.54) is 0 Å². The minimum Gasteiger partial charge on any atom is -0.444 e. The van der Waals surface area contributed by atoms with Crippen molar-refractivity contribution in [1.29, 1.82) is 0 Å². The molecule has 0 unspecified atom stereocenters. The monoisotopic (exact) mass is 292 g/mol. The number of hydrogen-bond acceptors (Lipinski definition) is 4. The van der Waals surface area contributed by atoms with Crippen molar-refractivity contribution in [1.82, 2.24) is 9.99 Å². The molecule has 5 N–H and O–H groups in total. The fourth-order valence-corrected chi connectivity index (χ4v) is 2.65. The van der Waals surface area contributed by atoms with Gasteiger partial charge in [-0.25, -0.2) is 4.79 Å². The first kappa shape index (κ1) is 15.9. The van der Waals surface area contributed by atoms with Crippen LogP contribution in [0.2, 0.25) is 0 Å². The first-order valence-corrected chi connectivity index (χ1v) is 7.79. The summed E-state index contributed by atoms with van der Waals surface area (Å²) in [5, 5.41) is 2.44. The Morgan fingerprint density at radius 3 is 2.53 bits per heavy atom. The second-order valence-electron chi connectivity index (χ2n) is 5.47. The molecule has 0 radical (unpaired) electrons. The lowest BCUT2D eigenvalue weighted by Gasteiger charge is -2.34. The van der Waals surface area contributed by atoms with Gasteiger partial charge in [-0.2, -0.15) is 0 Å². The second-order valence-corrected chi connectivity index (χ2v) is 7.30. The highest BCUT2D eigenvalue weighted by Gasteiger charge is 2.37. The molecule has 1 rings (SSSR count).